The van der Waals surface area contributed by atoms with Crippen molar-refractivity contribution < 1.29 is 4.74 Å². The molecule has 0 radical (unpaired) electrons. The number of hydrogen-bond acceptors (Lipinski definition) is 4. The molecule has 2 aromatic heterocycles. The summed E-state index contributed by atoms with van der Waals surface area (Å²) in [5, 5.41) is 4.84. The quantitative estimate of drug-likeness (QED) is 0.353. The lowest BCUT2D eigenvalue weighted by Gasteiger charge is -2.08. The van der Waals surface area contributed by atoms with E-state index in [9.17, 15) is 0 Å². The van der Waals surface area contributed by atoms with Crippen LogP contribution in [0.3, 0.4) is 0 Å². The molecule has 0 bridgehead atoms. The van der Waals surface area contributed by atoms with E-state index in [2.05, 4.69) is 23.2 Å². The summed E-state index contributed by atoms with van der Waals surface area (Å²) in [5.74, 6) is 2.29. The minimum atomic E-state index is 0.624. The highest BCUT2D eigenvalue weighted by Gasteiger charge is 2.15. The van der Waals surface area contributed by atoms with Gasteiger partial charge in [-0.2, -0.15) is 5.10 Å². The molecule has 0 atom stereocenters. The second kappa shape index (κ2) is 8.86. The Morgan fingerprint density at radius 3 is 2.22 bits per heavy atom. The molecular weight excluding hydrogens is 396 g/mol. The topological polar surface area (TPSA) is 52.8 Å². The van der Waals surface area contributed by atoms with E-state index in [0.29, 0.717) is 12.4 Å². The molecule has 5 heteroatoms. The molecule has 0 spiro atoms. The van der Waals surface area contributed by atoms with Gasteiger partial charge < -0.3 is 4.74 Å². The fraction of sp³-hybridized carbons (Fsp3) is 0.0741. The van der Waals surface area contributed by atoms with Crippen LogP contribution in [0.4, 0.5) is 0 Å². The van der Waals surface area contributed by atoms with Crippen molar-refractivity contribution in [1.29, 1.82) is 0 Å². The molecule has 0 N–H and O–H groups in total. The summed E-state index contributed by atoms with van der Waals surface area (Å²) in [6.45, 7) is 0.624. The maximum absolute atomic E-state index is 5.38. The van der Waals surface area contributed by atoms with Crippen molar-refractivity contribution in [3.63, 3.8) is 0 Å². The number of rotatable bonds is 6. The van der Waals surface area contributed by atoms with Gasteiger partial charge in [-0.1, -0.05) is 72.8 Å². The Bertz CT molecular complexity index is 1330. The Morgan fingerprint density at radius 1 is 0.719 bits per heavy atom. The standard InChI is InChI=1S/C27H22N4O/c1-32-25-14-8-13-22(16-25)23-15-24(18-28-17-23)27-29-26(21-11-6-3-7-12-21)30-31(27)19-20-9-4-2-5-10-20/h2-18H,19H2,1H3. The molecule has 0 saturated heterocycles. The van der Waals surface area contributed by atoms with Crippen LogP contribution in [-0.2, 0) is 6.54 Å². The molecule has 0 fully saturated rings. The zero-order chi connectivity index (χ0) is 21.8. The zero-order valence-corrected chi connectivity index (χ0v) is 17.7. The van der Waals surface area contributed by atoms with Crippen LogP contribution in [0.5, 0.6) is 5.75 Å². The molecule has 0 aliphatic carbocycles. The molecule has 0 amide bonds. The second-order valence-corrected chi connectivity index (χ2v) is 7.46. The van der Waals surface area contributed by atoms with Gasteiger partial charge in [0.2, 0.25) is 0 Å². The van der Waals surface area contributed by atoms with Crippen LogP contribution in [0, 0.1) is 0 Å². The van der Waals surface area contributed by atoms with Gasteiger partial charge >= 0.3 is 0 Å². The molecule has 0 aliphatic heterocycles. The Morgan fingerprint density at radius 2 is 1.44 bits per heavy atom. The van der Waals surface area contributed by atoms with Crippen molar-refractivity contribution in [2.45, 2.75) is 6.54 Å². The van der Waals surface area contributed by atoms with Gasteiger partial charge in [0.05, 0.1) is 13.7 Å². The maximum Gasteiger partial charge on any atom is 0.181 e. The van der Waals surface area contributed by atoms with E-state index < -0.39 is 0 Å². The first-order valence-corrected chi connectivity index (χ1v) is 10.4. The van der Waals surface area contributed by atoms with Crippen LogP contribution in [0.25, 0.3) is 33.9 Å². The van der Waals surface area contributed by atoms with Crippen LogP contribution in [0.15, 0.2) is 103 Å². The largest absolute Gasteiger partial charge is 0.497 e. The number of methoxy groups -OCH3 is 1. The van der Waals surface area contributed by atoms with Crippen molar-refractivity contribution in [3.05, 3.63) is 109 Å². The normalized spacial score (nSPS) is 10.8. The molecule has 156 valence electrons. The van der Waals surface area contributed by atoms with E-state index in [0.717, 1.165) is 39.4 Å². The van der Waals surface area contributed by atoms with E-state index in [1.54, 1.807) is 7.11 Å². The first-order valence-electron chi connectivity index (χ1n) is 10.4. The predicted molar refractivity (Wildman–Crippen MR) is 126 cm³/mol. The van der Waals surface area contributed by atoms with Crippen molar-refractivity contribution >= 4 is 0 Å². The Hall–Kier alpha value is -4.25. The Labute approximate surface area is 187 Å². The average molecular weight is 419 g/mol. The molecule has 0 unspecified atom stereocenters. The molecule has 2 heterocycles. The van der Waals surface area contributed by atoms with Crippen molar-refractivity contribution in [1.82, 2.24) is 19.7 Å². The van der Waals surface area contributed by atoms with E-state index in [4.69, 9.17) is 14.8 Å². The van der Waals surface area contributed by atoms with E-state index in [1.807, 2.05) is 89.9 Å². The molecule has 5 rings (SSSR count). The smallest absolute Gasteiger partial charge is 0.181 e. The van der Waals surface area contributed by atoms with Gasteiger partial charge in [0, 0.05) is 29.1 Å². The molecule has 5 nitrogen and oxygen atoms in total. The lowest BCUT2D eigenvalue weighted by Crippen LogP contribution is -2.04. The third kappa shape index (κ3) is 4.14. The summed E-state index contributed by atoms with van der Waals surface area (Å²) in [5.41, 5.74) is 5.09. The number of hydrogen-bond donors (Lipinski definition) is 0. The summed E-state index contributed by atoms with van der Waals surface area (Å²) >= 11 is 0. The van der Waals surface area contributed by atoms with Gasteiger partial charge in [-0.05, 0) is 29.3 Å². The summed E-state index contributed by atoms with van der Waals surface area (Å²) in [6.07, 6.45) is 3.69. The fourth-order valence-electron chi connectivity index (χ4n) is 3.65. The third-order valence-electron chi connectivity index (χ3n) is 5.28. The molecule has 3 aromatic carbocycles. The van der Waals surface area contributed by atoms with Crippen LogP contribution in [0.2, 0.25) is 0 Å². The van der Waals surface area contributed by atoms with Gasteiger partial charge in [-0.15, -0.1) is 0 Å². The minimum Gasteiger partial charge on any atom is -0.497 e. The summed E-state index contributed by atoms with van der Waals surface area (Å²) < 4.78 is 7.33. The Balaban J connectivity index is 1.59. The second-order valence-electron chi connectivity index (χ2n) is 7.46. The lowest BCUT2D eigenvalue weighted by atomic mass is 10.1. The molecule has 32 heavy (non-hydrogen) atoms. The first-order chi connectivity index (χ1) is 15.8. The van der Waals surface area contributed by atoms with Crippen LogP contribution in [0.1, 0.15) is 5.56 Å². The number of pyridine rings is 1. The number of ether oxygens (including phenoxy) is 1. The molecular formula is C27H22N4O. The first kappa shape index (κ1) is 19.7. The number of nitrogens with zero attached hydrogens (tertiary/aromatic N) is 4. The highest BCUT2D eigenvalue weighted by Crippen LogP contribution is 2.28. The molecule has 0 saturated carbocycles. The number of aromatic nitrogens is 4. The van der Waals surface area contributed by atoms with E-state index in [-0.39, 0.29) is 0 Å². The van der Waals surface area contributed by atoms with E-state index >= 15 is 0 Å². The number of benzene rings is 3. The minimum absolute atomic E-state index is 0.624. The monoisotopic (exact) mass is 418 g/mol. The highest BCUT2D eigenvalue weighted by atomic mass is 16.5. The van der Waals surface area contributed by atoms with Crippen molar-refractivity contribution in [2.75, 3.05) is 7.11 Å². The Kier molecular flexibility index (Phi) is 5.45. The summed E-state index contributed by atoms with van der Waals surface area (Å²) in [6, 6.07) is 30.4. The third-order valence-corrected chi connectivity index (χ3v) is 5.28. The zero-order valence-electron chi connectivity index (χ0n) is 17.7. The highest BCUT2D eigenvalue weighted by molar-refractivity contribution is 5.71. The SMILES string of the molecule is COc1cccc(-c2cncc(-c3nc(-c4ccccc4)nn3Cc3ccccc3)c2)c1. The lowest BCUT2D eigenvalue weighted by molar-refractivity contribution is 0.415. The van der Waals surface area contributed by atoms with Crippen LogP contribution >= 0.6 is 0 Å². The van der Waals surface area contributed by atoms with Gasteiger partial charge in [-0.25, -0.2) is 9.67 Å². The van der Waals surface area contributed by atoms with Gasteiger partial charge in [0.15, 0.2) is 11.6 Å². The van der Waals surface area contributed by atoms with E-state index in [1.165, 1.54) is 0 Å². The summed E-state index contributed by atoms with van der Waals surface area (Å²) in [7, 11) is 1.67. The predicted octanol–water partition coefficient (Wildman–Crippen LogP) is 5.73. The van der Waals surface area contributed by atoms with Crippen molar-refractivity contribution in [3.8, 4) is 39.7 Å². The van der Waals surface area contributed by atoms with Gasteiger partial charge in [0.1, 0.15) is 5.75 Å². The van der Waals surface area contributed by atoms with Crippen molar-refractivity contribution in [2.24, 2.45) is 0 Å². The summed E-state index contributed by atoms with van der Waals surface area (Å²) in [4.78, 5) is 9.40. The van der Waals surface area contributed by atoms with Crippen LogP contribution in [-0.4, -0.2) is 26.9 Å². The van der Waals surface area contributed by atoms with Gasteiger partial charge in [-0.3, -0.25) is 4.98 Å². The average Bonchev–Trinajstić information content (AvgIpc) is 3.29. The maximum atomic E-state index is 5.38. The molecule has 0 aliphatic rings. The van der Waals surface area contributed by atoms with Gasteiger partial charge in [0.25, 0.3) is 0 Å². The fourth-order valence-corrected chi connectivity index (χ4v) is 3.65. The molecule has 5 aromatic rings. The van der Waals surface area contributed by atoms with Crippen LogP contribution < -0.4 is 4.74 Å².